The third-order valence-corrected chi connectivity index (χ3v) is 3.90. The number of hydrogen-bond donors (Lipinski definition) is 2. The van der Waals surface area contributed by atoms with E-state index in [0.29, 0.717) is 28.1 Å². The predicted octanol–water partition coefficient (Wildman–Crippen LogP) is 2.44. The normalized spacial score (nSPS) is 10.2. The van der Waals surface area contributed by atoms with Gasteiger partial charge < -0.3 is 20.7 Å². The minimum absolute atomic E-state index is 0.232. The molecule has 0 spiro atoms. The zero-order valence-corrected chi connectivity index (χ0v) is 13.0. The number of para-hydroxylation sites is 2. The average Bonchev–Trinajstić information content (AvgIpc) is 2.83. The third kappa shape index (κ3) is 3.43. The quantitative estimate of drug-likeness (QED) is 0.887. The van der Waals surface area contributed by atoms with Gasteiger partial charge in [-0.2, -0.15) is 0 Å². The number of benzene rings is 1. The SMILES string of the molecule is CCOc1ccccc1NC(=O)c1sc(N(C)C)nc1N. The van der Waals surface area contributed by atoms with Gasteiger partial charge in [-0.15, -0.1) is 0 Å². The Balaban J connectivity index is 2.22. The second-order valence-corrected chi connectivity index (χ2v) is 5.47. The van der Waals surface area contributed by atoms with E-state index in [0.717, 1.165) is 0 Å². The molecule has 1 amide bonds. The molecule has 0 saturated carbocycles. The fourth-order valence-corrected chi connectivity index (χ4v) is 2.51. The number of thiazole rings is 1. The van der Waals surface area contributed by atoms with Gasteiger partial charge in [0.2, 0.25) is 0 Å². The maximum Gasteiger partial charge on any atom is 0.269 e. The number of anilines is 3. The summed E-state index contributed by atoms with van der Waals surface area (Å²) in [6.45, 7) is 2.42. The van der Waals surface area contributed by atoms with E-state index in [9.17, 15) is 4.79 Å². The van der Waals surface area contributed by atoms with Crippen LogP contribution in [0.25, 0.3) is 0 Å². The Bertz CT molecular complexity index is 640. The summed E-state index contributed by atoms with van der Waals surface area (Å²) in [5.74, 6) is 0.574. The number of ether oxygens (including phenoxy) is 1. The van der Waals surface area contributed by atoms with Crippen molar-refractivity contribution >= 4 is 33.9 Å². The number of carbonyl (C=O) groups is 1. The Hall–Kier alpha value is -2.28. The molecule has 0 unspecified atom stereocenters. The molecule has 3 N–H and O–H groups in total. The smallest absolute Gasteiger partial charge is 0.269 e. The summed E-state index contributed by atoms with van der Waals surface area (Å²) in [6, 6.07) is 7.28. The molecule has 0 bridgehead atoms. The molecule has 112 valence electrons. The summed E-state index contributed by atoms with van der Waals surface area (Å²) in [7, 11) is 3.70. The zero-order valence-electron chi connectivity index (χ0n) is 12.2. The molecule has 0 fully saturated rings. The lowest BCUT2D eigenvalue weighted by atomic mass is 10.3. The number of nitrogens with two attached hydrogens (primary N) is 1. The first-order valence-corrected chi connectivity index (χ1v) is 7.31. The minimum atomic E-state index is -0.287. The van der Waals surface area contributed by atoms with Crippen LogP contribution in [-0.2, 0) is 0 Å². The molecule has 1 heterocycles. The molecule has 0 aliphatic carbocycles. The number of rotatable bonds is 5. The highest BCUT2D eigenvalue weighted by atomic mass is 32.1. The number of nitrogen functional groups attached to an aromatic ring is 1. The number of nitrogens with one attached hydrogen (secondary N) is 1. The van der Waals surface area contributed by atoms with Crippen LogP contribution in [0.2, 0.25) is 0 Å². The first-order chi connectivity index (χ1) is 10.0. The topological polar surface area (TPSA) is 80.5 Å². The van der Waals surface area contributed by atoms with Gasteiger partial charge in [0, 0.05) is 14.1 Å². The Labute approximate surface area is 127 Å². The Morgan fingerprint density at radius 1 is 1.43 bits per heavy atom. The monoisotopic (exact) mass is 306 g/mol. The maximum absolute atomic E-state index is 12.3. The van der Waals surface area contributed by atoms with Crippen molar-refractivity contribution in [1.82, 2.24) is 4.98 Å². The molecule has 2 rings (SSSR count). The summed E-state index contributed by atoms with van der Waals surface area (Å²) in [4.78, 5) is 18.7. The highest BCUT2D eigenvalue weighted by Crippen LogP contribution is 2.29. The van der Waals surface area contributed by atoms with Gasteiger partial charge in [-0.3, -0.25) is 4.79 Å². The van der Waals surface area contributed by atoms with Crippen molar-refractivity contribution < 1.29 is 9.53 Å². The van der Waals surface area contributed by atoms with Gasteiger partial charge >= 0.3 is 0 Å². The second-order valence-electron chi connectivity index (χ2n) is 4.49. The van der Waals surface area contributed by atoms with E-state index in [4.69, 9.17) is 10.5 Å². The average molecular weight is 306 g/mol. The molecule has 21 heavy (non-hydrogen) atoms. The van der Waals surface area contributed by atoms with Crippen molar-refractivity contribution in [1.29, 1.82) is 0 Å². The van der Waals surface area contributed by atoms with Crippen LogP contribution in [0.15, 0.2) is 24.3 Å². The van der Waals surface area contributed by atoms with Gasteiger partial charge in [-0.1, -0.05) is 23.5 Å². The van der Waals surface area contributed by atoms with E-state index >= 15 is 0 Å². The van der Waals surface area contributed by atoms with Gasteiger partial charge in [0.05, 0.1) is 12.3 Å². The van der Waals surface area contributed by atoms with Crippen LogP contribution in [0, 0.1) is 0 Å². The predicted molar refractivity (Wildman–Crippen MR) is 86.4 cm³/mol. The summed E-state index contributed by atoms with van der Waals surface area (Å²) in [5.41, 5.74) is 6.43. The molecule has 0 aliphatic heterocycles. The van der Waals surface area contributed by atoms with E-state index in [-0.39, 0.29) is 11.7 Å². The zero-order chi connectivity index (χ0) is 15.4. The van der Waals surface area contributed by atoms with Crippen molar-refractivity contribution in [3.05, 3.63) is 29.1 Å². The molecule has 2 aromatic rings. The molecule has 1 aromatic heterocycles. The molecule has 7 heteroatoms. The number of nitrogens with zero attached hydrogens (tertiary/aromatic N) is 2. The van der Waals surface area contributed by atoms with Crippen molar-refractivity contribution in [2.24, 2.45) is 0 Å². The van der Waals surface area contributed by atoms with Gasteiger partial charge in [-0.05, 0) is 19.1 Å². The van der Waals surface area contributed by atoms with Crippen LogP contribution in [-0.4, -0.2) is 31.6 Å². The summed E-state index contributed by atoms with van der Waals surface area (Å²) in [5, 5.41) is 3.50. The Kier molecular flexibility index (Phi) is 4.64. The van der Waals surface area contributed by atoms with Crippen molar-refractivity contribution in [2.75, 3.05) is 36.7 Å². The lowest BCUT2D eigenvalue weighted by molar-refractivity contribution is 0.103. The molecule has 0 atom stereocenters. The summed E-state index contributed by atoms with van der Waals surface area (Å²) in [6.07, 6.45) is 0. The van der Waals surface area contributed by atoms with Gasteiger partial charge in [0.15, 0.2) is 5.13 Å². The van der Waals surface area contributed by atoms with Crippen LogP contribution in [0.3, 0.4) is 0 Å². The first kappa shape index (κ1) is 15.1. The van der Waals surface area contributed by atoms with Crippen molar-refractivity contribution in [3.8, 4) is 5.75 Å². The molecule has 0 radical (unpaired) electrons. The largest absolute Gasteiger partial charge is 0.492 e. The van der Waals surface area contributed by atoms with Crippen LogP contribution >= 0.6 is 11.3 Å². The van der Waals surface area contributed by atoms with E-state index in [1.165, 1.54) is 11.3 Å². The van der Waals surface area contributed by atoms with Crippen LogP contribution in [0.1, 0.15) is 16.6 Å². The Morgan fingerprint density at radius 3 is 2.76 bits per heavy atom. The molecular formula is C14H18N4O2S. The van der Waals surface area contributed by atoms with Crippen LogP contribution in [0.4, 0.5) is 16.6 Å². The summed E-state index contributed by atoms with van der Waals surface area (Å²) >= 11 is 1.25. The van der Waals surface area contributed by atoms with Crippen molar-refractivity contribution in [3.63, 3.8) is 0 Å². The minimum Gasteiger partial charge on any atom is -0.492 e. The Morgan fingerprint density at radius 2 is 2.14 bits per heavy atom. The number of amides is 1. The maximum atomic E-state index is 12.3. The molecular weight excluding hydrogens is 288 g/mol. The van der Waals surface area contributed by atoms with E-state index in [1.54, 1.807) is 12.1 Å². The van der Waals surface area contributed by atoms with Crippen LogP contribution in [0.5, 0.6) is 5.75 Å². The fraction of sp³-hybridized carbons (Fsp3) is 0.286. The molecule has 6 nitrogen and oxygen atoms in total. The fourth-order valence-electron chi connectivity index (χ4n) is 1.70. The summed E-state index contributed by atoms with van der Waals surface area (Å²) < 4.78 is 5.48. The number of carbonyl (C=O) groups excluding carboxylic acids is 1. The number of hydrogen-bond acceptors (Lipinski definition) is 6. The lowest BCUT2D eigenvalue weighted by Crippen LogP contribution is -2.13. The third-order valence-electron chi connectivity index (χ3n) is 2.67. The van der Waals surface area contributed by atoms with E-state index in [1.807, 2.05) is 38.1 Å². The highest BCUT2D eigenvalue weighted by molar-refractivity contribution is 7.18. The van der Waals surface area contributed by atoms with E-state index < -0.39 is 0 Å². The van der Waals surface area contributed by atoms with Gasteiger partial charge in [-0.25, -0.2) is 4.98 Å². The number of aromatic nitrogens is 1. The second kappa shape index (κ2) is 6.45. The lowest BCUT2D eigenvalue weighted by Gasteiger charge is -2.10. The highest BCUT2D eigenvalue weighted by Gasteiger charge is 2.18. The first-order valence-electron chi connectivity index (χ1n) is 6.49. The molecule has 0 aliphatic rings. The van der Waals surface area contributed by atoms with Gasteiger partial charge in [0.25, 0.3) is 5.91 Å². The van der Waals surface area contributed by atoms with Gasteiger partial charge in [0.1, 0.15) is 16.4 Å². The molecule has 1 aromatic carbocycles. The van der Waals surface area contributed by atoms with Crippen molar-refractivity contribution in [2.45, 2.75) is 6.92 Å². The van der Waals surface area contributed by atoms with Crippen LogP contribution < -0.4 is 20.7 Å². The molecule has 0 saturated heterocycles. The van der Waals surface area contributed by atoms with E-state index in [2.05, 4.69) is 10.3 Å². The standard InChI is InChI=1S/C14H18N4O2S/c1-4-20-10-8-6-5-7-9(10)16-13(19)11-12(15)17-14(21-11)18(2)3/h5-8H,4,15H2,1-3H3,(H,16,19).